The molecule has 19 heavy (non-hydrogen) atoms. The molecule has 5 heteroatoms. The molecule has 1 aliphatic heterocycles. The molecule has 1 aromatic rings. The first kappa shape index (κ1) is 14.4. The van der Waals surface area contributed by atoms with Gasteiger partial charge in [0.1, 0.15) is 13.2 Å². The van der Waals surface area contributed by atoms with Crippen LogP contribution in [0.5, 0.6) is 11.5 Å². The van der Waals surface area contributed by atoms with E-state index in [1.54, 1.807) is 0 Å². The van der Waals surface area contributed by atoms with E-state index < -0.39 is 6.10 Å². The van der Waals surface area contributed by atoms with Crippen LogP contribution in [-0.4, -0.2) is 24.4 Å². The predicted octanol–water partition coefficient (Wildman–Crippen LogP) is 2.04. The van der Waals surface area contributed by atoms with E-state index in [2.05, 4.69) is 0 Å². The van der Waals surface area contributed by atoms with Crippen LogP contribution in [0.15, 0.2) is 18.2 Å². The Morgan fingerprint density at radius 1 is 1.16 bits per heavy atom. The van der Waals surface area contributed by atoms with Crippen LogP contribution in [0.25, 0.3) is 0 Å². The van der Waals surface area contributed by atoms with Crippen LogP contribution >= 0.6 is 12.4 Å². The molecule has 1 aromatic carbocycles. The minimum atomic E-state index is -0.457. The molecule has 0 radical (unpaired) electrons. The lowest BCUT2D eigenvalue weighted by Crippen LogP contribution is -2.36. The van der Waals surface area contributed by atoms with Crippen molar-refractivity contribution in [3.05, 3.63) is 23.8 Å². The quantitative estimate of drug-likeness (QED) is 0.892. The lowest BCUT2D eigenvalue weighted by atomic mass is 9.77. The smallest absolute Gasteiger partial charge is 0.161 e. The molecule has 1 fully saturated rings. The van der Waals surface area contributed by atoms with Crippen molar-refractivity contribution >= 4 is 12.4 Å². The minimum absolute atomic E-state index is 0. The number of fused-ring (bicyclic) bond motifs is 1. The van der Waals surface area contributed by atoms with Gasteiger partial charge in [0.05, 0.1) is 12.1 Å². The van der Waals surface area contributed by atoms with Crippen molar-refractivity contribution in [2.24, 2.45) is 11.7 Å². The molecule has 0 bridgehead atoms. The summed E-state index contributed by atoms with van der Waals surface area (Å²) in [6.07, 6.45) is 2.91. The summed E-state index contributed by atoms with van der Waals surface area (Å²) in [7, 11) is 0. The van der Waals surface area contributed by atoms with Gasteiger partial charge in [-0.25, -0.2) is 0 Å². The van der Waals surface area contributed by atoms with Crippen LogP contribution < -0.4 is 15.2 Å². The number of hydrogen-bond acceptors (Lipinski definition) is 4. The Morgan fingerprint density at radius 2 is 1.84 bits per heavy atom. The van der Waals surface area contributed by atoms with Crippen LogP contribution in [-0.2, 0) is 0 Å². The molecule has 2 atom stereocenters. The Morgan fingerprint density at radius 3 is 2.47 bits per heavy atom. The average Bonchev–Trinajstić information content (AvgIpc) is 2.35. The normalized spacial score (nSPS) is 20.9. The second kappa shape index (κ2) is 5.99. The highest BCUT2D eigenvalue weighted by Gasteiger charge is 2.31. The fraction of sp³-hybridized carbons (Fsp3) is 0.571. The molecule has 0 unspecified atom stereocenters. The molecule has 4 nitrogen and oxygen atoms in total. The zero-order valence-electron chi connectivity index (χ0n) is 10.7. The van der Waals surface area contributed by atoms with Gasteiger partial charge >= 0.3 is 0 Å². The Balaban J connectivity index is 0.00000133. The summed E-state index contributed by atoms with van der Waals surface area (Å²) in [6, 6.07) is 5.34. The van der Waals surface area contributed by atoms with E-state index in [-0.39, 0.29) is 18.4 Å². The number of ether oxygens (including phenoxy) is 2. The van der Waals surface area contributed by atoms with Crippen molar-refractivity contribution in [2.45, 2.75) is 31.4 Å². The van der Waals surface area contributed by atoms with Gasteiger partial charge in [-0.1, -0.05) is 12.5 Å². The highest BCUT2D eigenvalue weighted by Crippen LogP contribution is 2.37. The van der Waals surface area contributed by atoms with Gasteiger partial charge in [-0.3, -0.25) is 0 Å². The maximum Gasteiger partial charge on any atom is 0.161 e. The van der Waals surface area contributed by atoms with Crippen LogP contribution in [0.4, 0.5) is 0 Å². The predicted molar refractivity (Wildman–Crippen MR) is 75.0 cm³/mol. The molecule has 0 saturated heterocycles. The van der Waals surface area contributed by atoms with E-state index in [1.165, 1.54) is 6.42 Å². The molecular weight excluding hydrogens is 266 g/mol. The Kier molecular flexibility index (Phi) is 4.55. The molecule has 1 aliphatic carbocycles. The molecule has 3 rings (SSSR count). The fourth-order valence-corrected chi connectivity index (χ4v) is 2.54. The van der Waals surface area contributed by atoms with Crippen molar-refractivity contribution in [2.75, 3.05) is 13.2 Å². The van der Waals surface area contributed by atoms with Crippen LogP contribution in [0, 0.1) is 5.92 Å². The highest BCUT2D eigenvalue weighted by molar-refractivity contribution is 5.85. The topological polar surface area (TPSA) is 64.7 Å². The van der Waals surface area contributed by atoms with E-state index in [0.717, 1.165) is 29.9 Å². The van der Waals surface area contributed by atoms with Gasteiger partial charge in [-0.2, -0.15) is 0 Å². The van der Waals surface area contributed by atoms with Crippen LogP contribution in [0.1, 0.15) is 30.9 Å². The van der Waals surface area contributed by atoms with Gasteiger partial charge in [0, 0.05) is 0 Å². The molecular formula is C14H20ClNO3. The summed E-state index contributed by atoms with van der Waals surface area (Å²) < 4.78 is 11.0. The lowest BCUT2D eigenvalue weighted by Gasteiger charge is -2.34. The third-order valence-electron chi connectivity index (χ3n) is 3.95. The number of halogens is 1. The number of aliphatic hydroxyl groups is 1. The first-order valence-corrected chi connectivity index (χ1v) is 6.59. The molecule has 1 saturated carbocycles. The summed E-state index contributed by atoms with van der Waals surface area (Å²) >= 11 is 0. The molecule has 3 N–H and O–H groups in total. The number of benzene rings is 1. The maximum atomic E-state index is 10.2. The van der Waals surface area contributed by atoms with E-state index in [4.69, 9.17) is 15.2 Å². The van der Waals surface area contributed by atoms with Gasteiger partial charge in [-0.15, -0.1) is 12.4 Å². The molecule has 2 aliphatic rings. The molecule has 0 spiro atoms. The SMILES string of the molecule is Cl.N[C@H](c1ccc2c(c1)OCCO2)[C@@H](O)C1CCC1. The molecule has 1 heterocycles. The Hall–Kier alpha value is -0.970. The number of rotatable bonds is 3. The fourth-order valence-electron chi connectivity index (χ4n) is 2.54. The number of aliphatic hydroxyl groups excluding tert-OH is 1. The summed E-state index contributed by atoms with van der Waals surface area (Å²) in [6.45, 7) is 1.15. The monoisotopic (exact) mass is 285 g/mol. The van der Waals surface area contributed by atoms with Gasteiger partial charge in [0.15, 0.2) is 11.5 Å². The number of nitrogens with two attached hydrogens (primary N) is 1. The van der Waals surface area contributed by atoms with Crippen molar-refractivity contribution in [1.82, 2.24) is 0 Å². The first-order chi connectivity index (χ1) is 8.75. The summed E-state index contributed by atoms with van der Waals surface area (Å²) in [4.78, 5) is 0. The standard InChI is InChI=1S/C14H19NO3.ClH/c15-13(14(16)9-2-1-3-9)10-4-5-11-12(8-10)18-7-6-17-11;/h4-5,8-9,13-14,16H,1-3,6-7,15H2;1H/t13-,14+;/m1./s1. The summed E-state index contributed by atoms with van der Waals surface area (Å²) in [5, 5.41) is 10.2. The van der Waals surface area contributed by atoms with Crippen molar-refractivity contribution < 1.29 is 14.6 Å². The third-order valence-corrected chi connectivity index (χ3v) is 3.95. The van der Waals surface area contributed by atoms with Gasteiger partial charge in [0.2, 0.25) is 0 Å². The second-order valence-corrected chi connectivity index (χ2v) is 5.11. The van der Waals surface area contributed by atoms with Gasteiger partial charge < -0.3 is 20.3 Å². The van der Waals surface area contributed by atoms with Crippen molar-refractivity contribution in [3.63, 3.8) is 0 Å². The number of hydrogen-bond donors (Lipinski definition) is 2. The molecule has 0 amide bonds. The first-order valence-electron chi connectivity index (χ1n) is 6.59. The largest absolute Gasteiger partial charge is 0.486 e. The van der Waals surface area contributed by atoms with E-state index in [0.29, 0.717) is 19.1 Å². The highest BCUT2D eigenvalue weighted by atomic mass is 35.5. The lowest BCUT2D eigenvalue weighted by molar-refractivity contribution is 0.0412. The molecule has 0 aromatic heterocycles. The minimum Gasteiger partial charge on any atom is -0.486 e. The average molecular weight is 286 g/mol. The van der Waals surface area contributed by atoms with E-state index in [9.17, 15) is 5.11 Å². The zero-order chi connectivity index (χ0) is 12.5. The third kappa shape index (κ3) is 2.81. The van der Waals surface area contributed by atoms with Crippen LogP contribution in [0.2, 0.25) is 0 Å². The zero-order valence-corrected chi connectivity index (χ0v) is 11.6. The van der Waals surface area contributed by atoms with Crippen LogP contribution in [0.3, 0.4) is 0 Å². The second-order valence-electron chi connectivity index (χ2n) is 5.11. The summed E-state index contributed by atoms with van der Waals surface area (Å²) in [5.74, 6) is 1.85. The van der Waals surface area contributed by atoms with Gasteiger partial charge in [0.25, 0.3) is 0 Å². The Labute approximate surface area is 119 Å². The van der Waals surface area contributed by atoms with E-state index in [1.807, 2.05) is 18.2 Å². The molecule has 106 valence electrons. The maximum absolute atomic E-state index is 10.2. The Bertz CT molecular complexity index is 437. The van der Waals surface area contributed by atoms with E-state index >= 15 is 0 Å². The van der Waals surface area contributed by atoms with Crippen molar-refractivity contribution in [1.29, 1.82) is 0 Å². The van der Waals surface area contributed by atoms with Crippen molar-refractivity contribution in [3.8, 4) is 11.5 Å². The summed E-state index contributed by atoms with van der Waals surface area (Å²) in [5.41, 5.74) is 7.05. The van der Waals surface area contributed by atoms with Gasteiger partial charge in [-0.05, 0) is 36.5 Å².